The Labute approximate surface area is 114 Å². The molecular formula is C15H22FNO2. The molecular weight excluding hydrogens is 245 g/mol. The van der Waals surface area contributed by atoms with E-state index < -0.39 is 6.10 Å². The lowest BCUT2D eigenvalue weighted by molar-refractivity contribution is -0.0528. The summed E-state index contributed by atoms with van der Waals surface area (Å²) in [4.78, 5) is 2.29. The number of rotatable bonds is 4. The Balaban J connectivity index is 1.89. The van der Waals surface area contributed by atoms with Crippen LogP contribution in [0.2, 0.25) is 0 Å². The molecule has 0 spiro atoms. The summed E-state index contributed by atoms with van der Waals surface area (Å²) >= 11 is 0. The van der Waals surface area contributed by atoms with Crippen LogP contribution in [0.1, 0.15) is 31.9 Å². The summed E-state index contributed by atoms with van der Waals surface area (Å²) in [6, 6.07) is 6.77. The van der Waals surface area contributed by atoms with Crippen molar-refractivity contribution in [3.05, 3.63) is 35.6 Å². The molecule has 2 rings (SSSR count). The predicted molar refractivity (Wildman–Crippen MR) is 72.4 cm³/mol. The number of ether oxygens (including phenoxy) is 1. The van der Waals surface area contributed by atoms with Crippen molar-refractivity contribution in [3.63, 3.8) is 0 Å². The molecule has 0 saturated carbocycles. The maximum absolute atomic E-state index is 13.6. The fourth-order valence-corrected chi connectivity index (χ4v) is 2.47. The second kappa shape index (κ2) is 6.46. The van der Waals surface area contributed by atoms with Gasteiger partial charge < -0.3 is 9.84 Å². The van der Waals surface area contributed by atoms with E-state index in [4.69, 9.17) is 4.74 Å². The standard InChI is InChI=1S/C15H22FNO2/c1-11-10-19-12(2)9-17(11)8-7-15(18)13-5-3-4-6-14(13)16/h3-6,11-12,15,18H,7-10H2,1-2H3. The van der Waals surface area contributed by atoms with E-state index in [0.717, 1.165) is 19.7 Å². The van der Waals surface area contributed by atoms with Gasteiger partial charge in [-0.25, -0.2) is 4.39 Å². The fraction of sp³-hybridized carbons (Fsp3) is 0.600. The Hall–Kier alpha value is -0.970. The van der Waals surface area contributed by atoms with E-state index in [1.165, 1.54) is 6.07 Å². The summed E-state index contributed by atoms with van der Waals surface area (Å²) in [5.74, 6) is -0.335. The van der Waals surface area contributed by atoms with E-state index >= 15 is 0 Å². The first-order valence-electron chi connectivity index (χ1n) is 6.86. The van der Waals surface area contributed by atoms with Crippen molar-refractivity contribution in [3.8, 4) is 0 Å². The molecule has 0 amide bonds. The highest BCUT2D eigenvalue weighted by molar-refractivity contribution is 5.19. The first kappa shape index (κ1) is 14.4. The fourth-order valence-electron chi connectivity index (χ4n) is 2.47. The maximum atomic E-state index is 13.6. The number of hydrogen-bond acceptors (Lipinski definition) is 3. The molecule has 19 heavy (non-hydrogen) atoms. The molecule has 1 saturated heterocycles. The van der Waals surface area contributed by atoms with E-state index in [1.807, 2.05) is 6.92 Å². The zero-order valence-electron chi connectivity index (χ0n) is 11.6. The molecule has 3 unspecified atom stereocenters. The number of aliphatic hydroxyl groups excluding tert-OH is 1. The predicted octanol–water partition coefficient (Wildman–Crippen LogP) is 2.36. The van der Waals surface area contributed by atoms with Crippen molar-refractivity contribution in [2.24, 2.45) is 0 Å². The molecule has 1 fully saturated rings. The van der Waals surface area contributed by atoms with Crippen LogP contribution < -0.4 is 0 Å². The summed E-state index contributed by atoms with van der Waals surface area (Å²) in [5, 5.41) is 10.1. The summed E-state index contributed by atoms with van der Waals surface area (Å²) in [6.07, 6.45) is 0.0196. The van der Waals surface area contributed by atoms with Gasteiger partial charge in [0.25, 0.3) is 0 Å². The second-order valence-electron chi connectivity index (χ2n) is 5.31. The summed E-state index contributed by atoms with van der Waals surface area (Å²) in [5.41, 5.74) is 0.386. The number of nitrogens with zero attached hydrogens (tertiary/aromatic N) is 1. The van der Waals surface area contributed by atoms with Gasteiger partial charge in [-0.15, -0.1) is 0 Å². The minimum absolute atomic E-state index is 0.224. The molecule has 0 bridgehead atoms. The number of morpholine rings is 1. The van der Waals surface area contributed by atoms with E-state index in [-0.39, 0.29) is 11.9 Å². The van der Waals surface area contributed by atoms with Gasteiger partial charge in [0.05, 0.1) is 18.8 Å². The summed E-state index contributed by atoms with van der Waals surface area (Å²) < 4.78 is 19.1. The molecule has 1 N–H and O–H groups in total. The zero-order chi connectivity index (χ0) is 13.8. The minimum atomic E-state index is -0.744. The van der Waals surface area contributed by atoms with Crippen molar-refractivity contribution in [2.45, 2.75) is 38.5 Å². The normalized spacial score (nSPS) is 26.3. The zero-order valence-corrected chi connectivity index (χ0v) is 11.6. The van der Waals surface area contributed by atoms with Gasteiger partial charge in [-0.3, -0.25) is 4.90 Å². The van der Waals surface area contributed by atoms with Crippen molar-refractivity contribution in [1.82, 2.24) is 4.90 Å². The Morgan fingerprint density at radius 2 is 2.16 bits per heavy atom. The largest absolute Gasteiger partial charge is 0.388 e. The van der Waals surface area contributed by atoms with Crippen LogP contribution in [-0.4, -0.2) is 41.8 Å². The number of halogens is 1. The third-order valence-electron chi connectivity index (χ3n) is 3.69. The van der Waals surface area contributed by atoms with E-state index in [9.17, 15) is 9.50 Å². The Bertz CT molecular complexity index is 413. The van der Waals surface area contributed by atoms with Crippen LogP contribution in [-0.2, 0) is 4.74 Å². The van der Waals surface area contributed by atoms with E-state index in [0.29, 0.717) is 18.0 Å². The van der Waals surface area contributed by atoms with Crippen LogP contribution in [0.5, 0.6) is 0 Å². The highest BCUT2D eigenvalue weighted by atomic mass is 19.1. The van der Waals surface area contributed by atoms with Crippen molar-refractivity contribution in [1.29, 1.82) is 0 Å². The van der Waals surface area contributed by atoms with Gasteiger partial charge in [0, 0.05) is 24.7 Å². The lowest BCUT2D eigenvalue weighted by Crippen LogP contribution is -2.47. The van der Waals surface area contributed by atoms with Gasteiger partial charge in [-0.05, 0) is 26.3 Å². The molecule has 3 nitrogen and oxygen atoms in total. The van der Waals surface area contributed by atoms with Crippen molar-refractivity contribution >= 4 is 0 Å². The average molecular weight is 267 g/mol. The first-order chi connectivity index (χ1) is 9.08. The van der Waals surface area contributed by atoms with Crippen LogP contribution in [0.4, 0.5) is 4.39 Å². The molecule has 0 aromatic heterocycles. The minimum Gasteiger partial charge on any atom is -0.388 e. The molecule has 0 radical (unpaired) electrons. The Kier molecular flexibility index (Phi) is 4.91. The van der Waals surface area contributed by atoms with Gasteiger partial charge >= 0.3 is 0 Å². The number of hydrogen-bond donors (Lipinski definition) is 1. The van der Waals surface area contributed by atoms with Crippen LogP contribution in [0.3, 0.4) is 0 Å². The van der Waals surface area contributed by atoms with Gasteiger partial charge in [-0.2, -0.15) is 0 Å². The Morgan fingerprint density at radius 1 is 1.42 bits per heavy atom. The molecule has 3 atom stereocenters. The monoisotopic (exact) mass is 267 g/mol. The number of aliphatic hydroxyl groups is 1. The average Bonchev–Trinajstić information content (AvgIpc) is 2.40. The third kappa shape index (κ3) is 3.75. The highest BCUT2D eigenvalue weighted by Gasteiger charge is 2.24. The molecule has 106 valence electrons. The maximum Gasteiger partial charge on any atom is 0.128 e. The summed E-state index contributed by atoms with van der Waals surface area (Å²) in [6.45, 7) is 6.50. The molecule has 0 aliphatic carbocycles. The lowest BCUT2D eigenvalue weighted by atomic mass is 10.0. The second-order valence-corrected chi connectivity index (χ2v) is 5.31. The molecule has 1 aromatic carbocycles. The smallest absolute Gasteiger partial charge is 0.128 e. The van der Waals surface area contributed by atoms with Gasteiger partial charge in [0.15, 0.2) is 0 Å². The SMILES string of the molecule is CC1CN(CCC(O)c2ccccc2F)C(C)CO1. The van der Waals surface area contributed by atoms with Crippen LogP contribution in [0.25, 0.3) is 0 Å². The quantitative estimate of drug-likeness (QED) is 0.909. The van der Waals surface area contributed by atoms with Crippen molar-refractivity contribution < 1.29 is 14.2 Å². The van der Waals surface area contributed by atoms with Gasteiger partial charge in [-0.1, -0.05) is 18.2 Å². The molecule has 1 heterocycles. The van der Waals surface area contributed by atoms with Crippen LogP contribution >= 0.6 is 0 Å². The van der Waals surface area contributed by atoms with Crippen LogP contribution in [0, 0.1) is 5.82 Å². The molecule has 1 aliphatic rings. The van der Waals surface area contributed by atoms with Gasteiger partial charge in [0.1, 0.15) is 5.82 Å². The molecule has 4 heteroatoms. The van der Waals surface area contributed by atoms with E-state index in [2.05, 4.69) is 11.8 Å². The first-order valence-corrected chi connectivity index (χ1v) is 6.86. The molecule has 1 aromatic rings. The van der Waals surface area contributed by atoms with Crippen molar-refractivity contribution in [2.75, 3.05) is 19.7 Å². The number of benzene rings is 1. The Morgan fingerprint density at radius 3 is 2.89 bits per heavy atom. The third-order valence-corrected chi connectivity index (χ3v) is 3.69. The molecule has 1 aliphatic heterocycles. The van der Waals surface area contributed by atoms with E-state index in [1.54, 1.807) is 18.2 Å². The summed E-state index contributed by atoms with van der Waals surface area (Å²) in [7, 11) is 0. The van der Waals surface area contributed by atoms with Gasteiger partial charge in [0.2, 0.25) is 0 Å². The van der Waals surface area contributed by atoms with Crippen LogP contribution in [0.15, 0.2) is 24.3 Å². The topological polar surface area (TPSA) is 32.7 Å². The lowest BCUT2D eigenvalue weighted by Gasteiger charge is -2.37. The highest BCUT2D eigenvalue weighted by Crippen LogP contribution is 2.21.